The standard InChI is InChI=1S/C14H16N4O7/c19-10-2-4-11(8(5-10)6-14(20)21)15-16-12-3-1-9(17(22)23)7-13(12)18(24)25/h1,3,7-8,10,16,19H,2,4-6H2,(H,20,21)/b15-11+. The number of hydrogen-bond acceptors (Lipinski definition) is 8. The summed E-state index contributed by atoms with van der Waals surface area (Å²) < 4.78 is 0. The van der Waals surface area contributed by atoms with Crippen molar-refractivity contribution < 1.29 is 24.9 Å². The van der Waals surface area contributed by atoms with Crippen LogP contribution in [-0.4, -0.2) is 37.8 Å². The van der Waals surface area contributed by atoms with Gasteiger partial charge in [-0.3, -0.25) is 30.4 Å². The van der Waals surface area contributed by atoms with Gasteiger partial charge in [-0.25, -0.2) is 0 Å². The van der Waals surface area contributed by atoms with Crippen molar-refractivity contribution in [3.63, 3.8) is 0 Å². The van der Waals surface area contributed by atoms with Crippen molar-refractivity contribution in [2.75, 3.05) is 5.43 Å². The van der Waals surface area contributed by atoms with E-state index in [-0.39, 0.29) is 18.5 Å². The summed E-state index contributed by atoms with van der Waals surface area (Å²) >= 11 is 0. The molecular formula is C14H16N4O7. The molecule has 0 amide bonds. The zero-order valence-electron chi connectivity index (χ0n) is 13.0. The summed E-state index contributed by atoms with van der Waals surface area (Å²) in [6.45, 7) is 0. The number of aliphatic hydroxyl groups is 1. The van der Waals surface area contributed by atoms with E-state index < -0.39 is 39.2 Å². The number of rotatable bonds is 6. The fourth-order valence-electron chi connectivity index (χ4n) is 2.67. The molecule has 134 valence electrons. The van der Waals surface area contributed by atoms with Gasteiger partial charge >= 0.3 is 11.7 Å². The third kappa shape index (κ3) is 4.70. The Morgan fingerprint density at radius 1 is 1.32 bits per heavy atom. The van der Waals surface area contributed by atoms with E-state index in [0.717, 1.165) is 12.1 Å². The number of carboxylic acid groups (broad SMARTS) is 1. The number of carbonyl (C=O) groups is 1. The molecule has 0 spiro atoms. The van der Waals surface area contributed by atoms with E-state index in [1.807, 2.05) is 0 Å². The highest BCUT2D eigenvalue weighted by Gasteiger charge is 2.28. The van der Waals surface area contributed by atoms with E-state index in [1.54, 1.807) is 0 Å². The van der Waals surface area contributed by atoms with Gasteiger partial charge in [0.25, 0.3) is 5.69 Å². The van der Waals surface area contributed by atoms with E-state index >= 15 is 0 Å². The quantitative estimate of drug-likeness (QED) is 0.515. The SMILES string of the molecule is O=C(O)CC1CC(O)CC/C1=N\Nc1ccc([N+](=O)[O-])cc1[N+](=O)[O-]. The Balaban J connectivity index is 2.25. The van der Waals surface area contributed by atoms with Crippen LogP contribution in [0.3, 0.4) is 0 Å². The average Bonchev–Trinajstić information content (AvgIpc) is 2.53. The maximum absolute atomic E-state index is 11.1. The Bertz CT molecular complexity index is 734. The predicted octanol–water partition coefficient (Wildman–Crippen LogP) is 1.91. The molecule has 11 heteroatoms. The van der Waals surface area contributed by atoms with Crippen LogP contribution in [0.25, 0.3) is 0 Å². The number of aliphatic hydroxyl groups excluding tert-OH is 1. The second kappa shape index (κ2) is 7.66. The van der Waals surface area contributed by atoms with Gasteiger partial charge in [-0.05, 0) is 25.3 Å². The minimum atomic E-state index is -1.03. The normalized spacial score (nSPS) is 21.7. The Morgan fingerprint density at radius 3 is 2.64 bits per heavy atom. The summed E-state index contributed by atoms with van der Waals surface area (Å²) in [4.78, 5) is 31.2. The average molecular weight is 352 g/mol. The van der Waals surface area contributed by atoms with E-state index in [2.05, 4.69) is 10.5 Å². The lowest BCUT2D eigenvalue weighted by Gasteiger charge is -2.26. The molecule has 2 rings (SSSR count). The molecule has 1 saturated carbocycles. The molecule has 1 aliphatic carbocycles. The van der Waals surface area contributed by atoms with Gasteiger partial charge in [0.15, 0.2) is 0 Å². The maximum atomic E-state index is 11.1. The second-order valence-corrected chi connectivity index (χ2v) is 5.65. The van der Waals surface area contributed by atoms with Crippen LogP contribution in [0.4, 0.5) is 17.1 Å². The first-order chi connectivity index (χ1) is 11.8. The highest BCUT2D eigenvalue weighted by molar-refractivity contribution is 5.91. The zero-order valence-corrected chi connectivity index (χ0v) is 13.0. The monoisotopic (exact) mass is 352 g/mol. The number of anilines is 1. The fourth-order valence-corrected chi connectivity index (χ4v) is 2.67. The third-order valence-electron chi connectivity index (χ3n) is 3.89. The molecule has 11 nitrogen and oxygen atoms in total. The summed E-state index contributed by atoms with van der Waals surface area (Å²) in [5.74, 6) is -1.51. The first-order valence-electron chi connectivity index (χ1n) is 7.43. The van der Waals surface area contributed by atoms with Crippen LogP contribution >= 0.6 is 0 Å². The zero-order chi connectivity index (χ0) is 18.6. The lowest BCUT2D eigenvalue weighted by Crippen LogP contribution is -2.30. The lowest BCUT2D eigenvalue weighted by atomic mass is 9.83. The van der Waals surface area contributed by atoms with Crippen LogP contribution in [0, 0.1) is 26.1 Å². The number of nitrogens with one attached hydrogen (secondary N) is 1. The number of hydrazone groups is 1. The van der Waals surface area contributed by atoms with Crippen molar-refractivity contribution in [3.05, 3.63) is 38.4 Å². The van der Waals surface area contributed by atoms with Gasteiger partial charge in [-0.15, -0.1) is 0 Å². The summed E-state index contributed by atoms with van der Waals surface area (Å²) in [7, 11) is 0. The number of aliphatic carboxylic acids is 1. The van der Waals surface area contributed by atoms with Gasteiger partial charge < -0.3 is 10.2 Å². The predicted molar refractivity (Wildman–Crippen MR) is 86.4 cm³/mol. The van der Waals surface area contributed by atoms with Gasteiger partial charge in [0, 0.05) is 17.7 Å². The van der Waals surface area contributed by atoms with Gasteiger partial charge in [0.2, 0.25) is 0 Å². The van der Waals surface area contributed by atoms with Crippen LogP contribution in [0.2, 0.25) is 0 Å². The first-order valence-corrected chi connectivity index (χ1v) is 7.43. The number of hydrogen-bond donors (Lipinski definition) is 3. The lowest BCUT2D eigenvalue weighted by molar-refractivity contribution is -0.393. The molecule has 1 aromatic rings. The Kier molecular flexibility index (Phi) is 5.60. The topological polar surface area (TPSA) is 168 Å². The largest absolute Gasteiger partial charge is 0.481 e. The summed E-state index contributed by atoms with van der Waals surface area (Å²) in [6.07, 6.45) is 0.193. The van der Waals surface area contributed by atoms with Crippen molar-refractivity contribution in [3.8, 4) is 0 Å². The van der Waals surface area contributed by atoms with Crippen LogP contribution in [0.5, 0.6) is 0 Å². The number of non-ortho nitro benzene ring substituents is 1. The third-order valence-corrected chi connectivity index (χ3v) is 3.89. The fraction of sp³-hybridized carbons (Fsp3) is 0.429. The molecule has 3 N–H and O–H groups in total. The molecule has 25 heavy (non-hydrogen) atoms. The number of carboxylic acids is 1. The molecule has 0 saturated heterocycles. The molecule has 2 unspecified atom stereocenters. The molecule has 0 heterocycles. The van der Waals surface area contributed by atoms with Crippen LogP contribution in [0.1, 0.15) is 25.7 Å². The summed E-state index contributed by atoms with van der Waals surface area (Å²) in [5, 5.41) is 44.5. The highest BCUT2D eigenvalue weighted by Crippen LogP contribution is 2.30. The van der Waals surface area contributed by atoms with Gasteiger partial charge in [0.1, 0.15) is 5.69 Å². The molecule has 0 bridgehead atoms. The van der Waals surface area contributed by atoms with E-state index in [9.17, 15) is 30.1 Å². The Morgan fingerprint density at radius 2 is 2.04 bits per heavy atom. The summed E-state index contributed by atoms with van der Waals surface area (Å²) in [5.41, 5.74) is 2.01. The Labute approximate surface area is 141 Å². The van der Waals surface area contributed by atoms with Crippen LogP contribution in [-0.2, 0) is 4.79 Å². The van der Waals surface area contributed by atoms with E-state index in [1.165, 1.54) is 6.07 Å². The second-order valence-electron chi connectivity index (χ2n) is 5.65. The molecule has 1 aliphatic rings. The van der Waals surface area contributed by atoms with Gasteiger partial charge in [-0.1, -0.05) is 0 Å². The minimum absolute atomic E-state index is 0.0386. The number of nitro groups is 2. The van der Waals surface area contributed by atoms with Crippen molar-refractivity contribution >= 4 is 28.7 Å². The molecule has 0 aliphatic heterocycles. The number of nitro benzene ring substituents is 2. The van der Waals surface area contributed by atoms with Crippen molar-refractivity contribution in [2.45, 2.75) is 31.8 Å². The highest BCUT2D eigenvalue weighted by atomic mass is 16.6. The molecule has 2 atom stereocenters. The number of benzene rings is 1. The van der Waals surface area contributed by atoms with Crippen molar-refractivity contribution in [1.82, 2.24) is 0 Å². The van der Waals surface area contributed by atoms with E-state index in [0.29, 0.717) is 18.6 Å². The minimum Gasteiger partial charge on any atom is -0.481 e. The molecular weight excluding hydrogens is 336 g/mol. The molecule has 1 aromatic carbocycles. The molecule has 1 fully saturated rings. The van der Waals surface area contributed by atoms with Crippen LogP contribution in [0.15, 0.2) is 23.3 Å². The van der Waals surface area contributed by atoms with Crippen molar-refractivity contribution in [2.24, 2.45) is 11.0 Å². The summed E-state index contributed by atoms with van der Waals surface area (Å²) in [6, 6.07) is 3.10. The first kappa shape index (κ1) is 18.3. The van der Waals surface area contributed by atoms with Crippen molar-refractivity contribution in [1.29, 1.82) is 0 Å². The van der Waals surface area contributed by atoms with Gasteiger partial charge in [0.05, 0.1) is 28.4 Å². The molecule has 0 radical (unpaired) electrons. The van der Waals surface area contributed by atoms with Gasteiger partial charge in [-0.2, -0.15) is 5.10 Å². The maximum Gasteiger partial charge on any atom is 0.304 e. The van der Waals surface area contributed by atoms with Crippen LogP contribution < -0.4 is 5.43 Å². The smallest absolute Gasteiger partial charge is 0.304 e. The Hall–Kier alpha value is -3.08. The number of nitrogens with zero attached hydrogens (tertiary/aromatic N) is 3. The molecule has 0 aromatic heterocycles. The van der Waals surface area contributed by atoms with E-state index in [4.69, 9.17) is 5.11 Å².